The van der Waals surface area contributed by atoms with Crippen molar-refractivity contribution in [3.05, 3.63) is 127 Å². The van der Waals surface area contributed by atoms with Crippen LogP contribution in [0.2, 0.25) is 0 Å². The van der Waals surface area contributed by atoms with Gasteiger partial charge < -0.3 is 14.8 Å². The van der Waals surface area contributed by atoms with Gasteiger partial charge >= 0.3 is 23.2 Å². The van der Waals surface area contributed by atoms with Crippen LogP contribution in [0, 0.1) is 11.6 Å². The number of carbonyl (C=O) groups excluding carboxylic acids is 1. The van der Waals surface area contributed by atoms with E-state index in [9.17, 15) is 28.0 Å². The molecule has 12 heteroatoms. The molecule has 0 aliphatic carbocycles. The van der Waals surface area contributed by atoms with Gasteiger partial charge in [0.05, 0.1) is 31.9 Å². The summed E-state index contributed by atoms with van der Waals surface area (Å²) in [5, 5.41) is 2.68. The molecule has 42 heavy (non-hydrogen) atoms. The molecule has 4 aromatic rings. The lowest BCUT2D eigenvalue weighted by Crippen LogP contribution is -2.55. The van der Waals surface area contributed by atoms with Crippen molar-refractivity contribution in [2.45, 2.75) is 45.5 Å². The number of nitrogens with one attached hydrogen (secondary N) is 1. The van der Waals surface area contributed by atoms with Gasteiger partial charge in [-0.05, 0) is 50.6 Å². The normalized spacial score (nSPS) is 12.0. The molecule has 0 spiro atoms. The predicted molar refractivity (Wildman–Crippen MR) is 151 cm³/mol. The van der Waals surface area contributed by atoms with Crippen molar-refractivity contribution >= 4 is 6.09 Å². The SMILES string of the molecule is COc1cccc(-n2c(=O)n(Cc3c(F)cccc3F)c(=O)n(CC(NC(=O)OC(C)(C)C)c3ccccc3)c2=O)c1. The summed E-state index contributed by atoms with van der Waals surface area (Å²) in [6.45, 7) is 3.80. The third-order valence-corrected chi connectivity index (χ3v) is 6.25. The first-order chi connectivity index (χ1) is 19.9. The van der Waals surface area contributed by atoms with Gasteiger partial charge in [-0.15, -0.1) is 0 Å². The Morgan fingerprint density at radius 1 is 0.857 bits per heavy atom. The third kappa shape index (κ3) is 6.65. The van der Waals surface area contributed by atoms with Crippen molar-refractivity contribution in [2.75, 3.05) is 7.11 Å². The standard InChI is InChI=1S/C30H30F2N4O6/c1-30(2,3)42-26(37)33-25(19-10-6-5-7-11-19)18-35-27(38)34(17-22-23(31)14-9-15-24(22)32)28(39)36(29(35)40)20-12-8-13-21(16-20)41-4/h5-16,25H,17-18H2,1-4H3,(H,33,37). The Morgan fingerprint density at radius 2 is 1.48 bits per heavy atom. The molecular weight excluding hydrogens is 550 g/mol. The van der Waals surface area contributed by atoms with Crippen molar-refractivity contribution in [2.24, 2.45) is 0 Å². The van der Waals surface area contributed by atoms with Crippen LogP contribution in [0.5, 0.6) is 5.75 Å². The van der Waals surface area contributed by atoms with Crippen LogP contribution in [-0.4, -0.2) is 32.5 Å². The number of rotatable bonds is 8. The molecule has 1 amide bonds. The smallest absolute Gasteiger partial charge is 0.408 e. The number of methoxy groups -OCH3 is 1. The molecule has 0 saturated carbocycles. The summed E-state index contributed by atoms with van der Waals surface area (Å²) in [6, 6.07) is 16.7. The number of benzene rings is 3. The van der Waals surface area contributed by atoms with Crippen LogP contribution >= 0.6 is 0 Å². The molecule has 220 valence electrons. The van der Waals surface area contributed by atoms with E-state index in [-0.39, 0.29) is 5.69 Å². The Labute approximate surface area is 239 Å². The van der Waals surface area contributed by atoms with E-state index in [1.807, 2.05) is 0 Å². The van der Waals surface area contributed by atoms with Gasteiger partial charge in [-0.1, -0.05) is 42.5 Å². The maximum absolute atomic E-state index is 14.6. The summed E-state index contributed by atoms with van der Waals surface area (Å²) >= 11 is 0. The number of halogens is 2. The average Bonchev–Trinajstić information content (AvgIpc) is 2.93. The topological polar surface area (TPSA) is 114 Å². The van der Waals surface area contributed by atoms with E-state index in [0.717, 1.165) is 22.8 Å². The van der Waals surface area contributed by atoms with Crippen LogP contribution in [-0.2, 0) is 17.8 Å². The molecule has 0 fully saturated rings. The van der Waals surface area contributed by atoms with E-state index in [2.05, 4.69) is 5.32 Å². The fourth-order valence-electron chi connectivity index (χ4n) is 4.29. The summed E-state index contributed by atoms with van der Waals surface area (Å²) in [7, 11) is 1.40. The van der Waals surface area contributed by atoms with Crippen molar-refractivity contribution in [3.63, 3.8) is 0 Å². The molecule has 0 radical (unpaired) electrons. The highest BCUT2D eigenvalue weighted by Crippen LogP contribution is 2.18. The van der Waals surface area contributed by atoms with Crippen LogP contribution in [0.4, 0.5) is 13.6 Å². The second-order valence-electron chi connectivity index (χ2n) is 10.4. The van der Waals surface area contributed by atoms with E-state index in [0.29, 0.717) is 20.4 Å². The minimum Gasteiger partial charge on any atom is -0.497 e. The number of carbonyl (C=O) groups is 1. The minimum absolute atomic E-state index is 0.0530. The highest BCUT2D eigenvalue weighted by molar-refractivity contribution is 5.68. The van der Waals surface area contributed by atoms with Gasteiger partial charge in [0.25, 0.3) is 0 Å². The van der Waals surface area contributed by atoms with E-state index in [1.54, 1.807) is 57.2 Å². The highest BCUT2D eigenvalue weighted by atomic mass is 19.1. The van der Waals surface area contributed by atoms with E-state index >= 15 is 0 Å². The number of hydrogen-bond acceptors (Lipinski definition) is 6. The largest absolute Gasteiger partial charge is 0.497 e. The van der Waals surface area contributed by atoms with Crippen LogP contribution in [0.3, 0.4) is 0 Å². The number of alkyl carbamates (subject to hydrolysis) is 1. The molecular formula is C30H30F2N4O6. The number of amides is 1. The molecule has 0 bridgehead atoms. The van der Waals surface area contributed by atoms with E-state index in [1.165, 1.54) is 25.3 Å². The van der Waals surface area contributed by atoms with Gasteiger partial charge in [-0.3, -0.25) is 0 Å². The lowest BCUT2D eigenvalue weighted by Gasteiger charge is -2.24. The number of nitrogens with zero attached hydrogens (tertiary/aromatic N) is 3. The monoisotopic (exact) mass is 580 g/mol. The maximum Gasteiger partial charge on any atom is 0.408 e. The summed E-state index contributed by atoms with van der Waals surface area (Å²) in [4.78, 5) is 53.9. The van der Waals surface area contributed by atoms with Gasteiger partial charge in [0.1, 0.15) is 23.0 Å². The lowest BCUT2D eigenvalue weighted by molar-refractivity contribution is 0.0497. The Balaban J connectivity index is 1.93. The summed E-state index contributed by atoms with van der Waals surface area (Å²) in [6.07, 6.45) is -0.806. The van der Waals surface area contributed by atoms with Gasteiger partial charge in [0.15, 0.2) is 0 Å². The van der Waals surface area contributed by atoms with E-state index in [4.69, 9.17) is 9.47 Å². The quantitative estimate of drug-likeness (QED) is 0.340. The fourth-order valence-corrected chi connectivity index (χ4v) is 4.29. The molecule has 1 atom stereocenters. The first-order valence-corrected chi connectivity index (χ1v) is 13.0. The molecule has 0 aliphatic rings. The Kier molecular flexibility index (Phi) is 8.74. The third-order valence-electron chi connectivity index (χ3n) is 6.25. The van der Waals surface area contributed by atoms with Crippen LogP contribution in [0.1, 0.15) is 37.9 Å². The predicted octanol–water partition coefficient (Wildman–Crippen LogP) is 3.76. The second-order valence-corrected chi connectivity index (χ2v) is 10.4. The molecule has 1 unspecified atom stereocenters. The maximum atomic E-state index is 14.6. The van der Waals surface area contributed by atoms with Gasteiger partial charge in [-0.25, -0.2) is 41.7 Å². The zero-order chi connectivity index (χ0) is 30.6. The Hall–Kier alpha value is -5.00. The second kappa shape index (κ2) is 12.2. The number of aromatic nitrogens is 3. The zero-order valence-electron chi connectivity index (χ0n) is 23.5. The summed E-state index contributed by atoms with van der Waals surface area (Å²) in [5.74, 6) is -1.63. The molecule has 0 aliphatic heterocycles. The fraction of sp³-hybridized carbons (Fsp3) is 0.267. The van der Waals surface area contributed by atoms with Crippen LogP contribution < -0.4 is 27.1 Å². The number of hydrogen-bond donors (Lipinski definition) is 1. The van der Waals surface area contributed by atoms with Crippen molar-refractivity contribution in [1.29, 1.82) is 0 Å². The summed E-state index contributed by atoms with van der Waals surface area (Å²) < 4.78 is 41.8. The summed E-state index contributed by atoms with van der Waals surface area (Å²) in [5.41, 5.74) is -4.07. The number of ether oxygens (including phenoxy) is 2. The van der Waals surface area contributed by atoms with Crippen molar-refractivity contribution in [1.82, 2.24) is 19.0 Å². The Morgan fingerprint density at radius 3 is 2.10 bits per heavy atom. The zero-order valence-corrected chi connectivity index (χ0v) is 23.5. The molecule has 1 heterocycles. The highest BCUT2D eigenvalue weighted by Gasteiger charge is 2.25. The first kappa shape index (κ1) is 30.0. The van der Waals surface area contributed by atoms with Crippen molar-refractivity contribution < 1.29 is 23.0 Å². The van der Waals surface area contributed by atoms with Gasteiger partial charge in [-0.2, -0.15) is 0 Å². The minimum atomic E-state index is -1.13. The molecule has 3 aromatic carbocycles. The average molecular weight is 581 g/mol. The van der Waals surface area contributed by atoms with Crippen molar-refractivity contribution in [3.8, 4) is 11.4 Å². The van der Waals surface area contributed by atoms with Crippen LogP contribution in [0.25, 0.3) is 5.69 Å². The van der Waals surface area contributed by atoms with Crippen LogP contribution in [0.15, 0.2) is 87.2 Å². The Bertz CT molecular complexity index is 1750. The molecule has 1 aromatic heterocycles. The first-order valence-electron chi connectivity index (χ1n) is 13.0. The molecule has 1 N–H and O–H groups in total. The molecule has 4 rings (SSSR count). The molecule has 10 nitrogen and oxygen atoms in total. The van der Waals surface area contributed by atoms with Gasteiger partial charge in [0.2, 0.25) is 0 Å². The van der Waals surface area contributed by atoms with E-state index < -0.39 is 65.1 Å². The molecule has 0 saturated heterocycles. The van der Waals surface area contributed by atoms with Gasteiger partial charge in [0, 0.05) is 11.6 Å². The lowest BCUT2D eigenvalue weighted by atomic mass is 10.1.